The first-order valence-electron chi connectivity index (χ1n) is 11.2. The first-order valence-corrected chi connectivity index (χ1v) is 11.2. The number of aliphatic hydroxyl groups is 1. The SMILES string of the molecule is CC[C@H]1[C@H]2OC(=O)[C@@H](C)[C@H]2[C@@]2(O)C[C@@H]([C@@H]3C[C@H](C)C(=O)O3)N3CCCCC12C3=O. The van der Waals surface area contributed by atoms with E-state index < -0.39 is 29.1 Å². The van der Waals surface area contributed by atoms with Crippen LogP contribution in [0.5, 0.6) is 0 Å². The van der Waals surface area contributed by atoms with E-state index in [4.69, 9.17) is 9.47 Å². The number of ether oxygens (including phenoxy) is 2. The van der Waals surface area contributed by atoms with Gasteiger partial charge in [-0.1, -0.05) is 27.2 Å². The molecule has 0 radical (unpaired) electrons. The van der Waals surface area contributed by atoms with Crippen LogP contribution < -0.4 is 0 Å². The number of piperidine rings is 1. The van der Waals surface area contributed by atoms with Crippen LogP contribution in [0, 0.1) is 29.1 Å². The number of carbonyl (C=O) groups is 3. The molecular formula is C22H31NO6. The molecule has 9 atom stereocenters. The van der Waals surface area contributed by atoms with Crippen LogP contribution in [0.4, 0.5) is 0 Å². The summed E-state index contributed by atoms with van der Waals surface area (Å²) in [5.74, 6) is -1.72. The molecule has 5 fully saturated rings. The summed E-state index contributed by atoms with van der Waals surface area (Å²) in [5.41, 5.74) is -2.22. The van der Waals surface area contributed by atoms with Gasteiger partial charge in [0.15, 0.2) is 0 Å². The van der Waals surface area contributed by atoms with Crippen LogP contribution in [-0.2, 0) is 23.9 Å². The Labute approximate surface area is 171 Å². The zero-order valence-electron chi connectivity index (χ0n) is 17.4. The van der Waals surface area contributed by atoms with Gasteiger partial charge in [-0.15, -0.1) is 0 Å². The van der Waals surface area contributed by atoms with E-state index >= 15 is 0 Å². The third-order valence-electron chi connectivity index (χ3n) is 8.78. The molecule has 0 aromatic rings. The minimum atomic E-state index is -1.31. The zero-order chi connectivity index (χ0) is 20.7. The molecule has 4 heterocycles. The van der Waals surface area contributed by atoms with Crippen LogP contribution >= 0.6 is 0 Å². The standard InChI is InChI=1S/C22H31NO6/c1-4-13-17-16(12(3)19(25)29-17)22(27)10-14(15-9-11(2)18(24)28-15)23-8-6-5-7-21(13,22)20(23)26/h11-17,27H,4-10H2,1-3H3/t11-,12-,13-,14-,15-,16+,17+,21?,22-/m0/s1. The number of esters is 2. The molecule has 1 spiro atoms. The summed E-state index contributed by atoms with van der Waals surface area (Å²) in [6.07, 6.45) is 3.14. The topological polar surface area (TPSA) is 93.1 Å². The molecule has 5 rings (SSSR count). The third kappa shape index (κ3) is 2.20. The third-order valence-corrected chi connectivity index (χ3v) is 8.78. The summed E-state index contributed by atoms with van der Waals surface area (Å²) in [6, 6.07) is -0.341. The van der Waals surface area contributed by atoms with Crippen LogP contribution in [0.3, 0.4) is 0 Å². The summed E-state index contributed by atoms with van der Waals surface area (Å²) in [6.45, 7) is 6.31. The number of fused-ring (bicyclic) bond motifs is 3. The van der Waals surface area contributed by atoms with E-state index in [1.54, 1.807) is 0 Å². The van der Waals surface area contributed by atoms with Crippen molar-refractivity contribution in [3.63, 3.8) is 0 Å². The van der Waals surface area contributed by atoms with E-state index in [0.717, 1.165) is 12.8 Å². The number of cyclic esters (lactones) is 1. The number of rotatable bonds is 2. The summed E-state index contributed by atoms with van der Waals surface area (Å²) >= 11 is 0. The van der Waals surface area contributed by atoms with Crippen molar-refractivity contribution in [2.45, 2.75) is 83.1 Å². The summed E-state index contributed by atoms with van der Waals surface area (Å²) in [5, 5.41) is 12.3. The Balaban J connectivity index is 1.63. The fourth-order valence-electron chi connectivity index (χ4n) is 7.53. The minimum absolute atomic E-state index is 0.0196. The first kappa shape index (κ1) is 19.3. The highest BCUT2D eigenvalue weighted by Crippen LogP contribution is 2.67. The lowest BCUT2D eigenvalue weighted by Gasteiger charge is -2.55. The van der Waals surface area contributed by atoms with Crippen molar-refractivity contribution in [3.8, 4) is 0 Å². The van der Waals surface area contributed by atoms with Crippen LogP contribution in [0.25, 0.3) is 0 Å². The number of hydrogen-bond acceptors (Lipinski definition) is 6. The average molecular weight is 405 g/mol. The monoisotopic (exact) mass is 405 g/mol. The van der Waals surface area contributed by atoms with Gasteiger partial charge in [-0.05, 0) is 25.7 Å². The fourth-order valence-corrected chi connectivity index (χ4v) is 7.53. The Bertz CT molecular complexity index is 768. The van der Waals surface area contributed by atoms with Gasteiger partial charge in [0.25, 0.3) is 0 Å². The molecule has 4 aliphatic heterocycles. The number of amides is 1. The van der Waals surface area contributed by atoms with Gasteiger partial charge in [-0.3, -0.25) is 14.4 Å². The summed E-state index contributed by atoms with van der Waals surface area (Å²) in [7, 11) is 0. The van der Waals surface area contributed by atoms with Crippen molar-refractivity contribution in [1.82, 2.24) is 4.90 Å². The quantitative estimate of drug-likeness (QED) is 0.703. The number of carbonyl (C=O) groups excluding carboxylic acids is 3. The van der Waals surface area contributed by atoms with Crippen molar-refractivity contribution in [3.05, 3.63) is 0 Å². The largest absolute Gasteiger partial charge is 0.461 e. The Morgan fingerprint density at radius 3 is 2.55 bits per heavy atom. The van der Waals surface area contributed by atoms with Crippen molar-refractivity contribution in [2.24, 2.45) is 29.1 Å². The van der Waals surface area contributed by atoms with Crippen molar-refractivity contribution < 1.29 is 29.0 Å². The Kier molecular flexibility index (Phi) is 4.13. The first-order chi connectivity index (χ1) is 13.8. The molecule has 4 saturated heterocycles. The zero-order valence-corrected chi connectivity index (χ0v) is 17.4. The van der Waals surface area contributed by atoms with Crippen molar-refractivity contribution >= 4 is 17.8 Å². The number of nitrogens with zero attached hydrogens (tertiary/aromatic N) is 1. The van der Waals surface area contributed by atoms with E-state index in [9.17, 15) is 19.5 Å². The highest BCUT2D eigenvalue weighted by Gasteiger charge is 2.78. The van der Waals surface area contributed by atoms with Gasteiger partial charge >= 0.3 is 11.9 Å². The molecule has 1 aliphatic carbocycles. The van der Waals surface area contributed by atoms with E-state index in [0.29, 0.717) is 32.2 Å². The van der Waals surface area contributed by atoms with Gasteiger partial charge in [0, 0.05) is 24.8 Å². The van der Waals surface area contributed by atoms with Crippen LogP contribution in [-0.4, -0.2) is 58.2 Å². The summed E-state index contributed by atoms with van der Waals surface area (Å²) < 4.78 is 11.4. The Morgan fingerprint density at radius 1 is 1.14 bits per heavy atom. The van der Waals surface area contributed by atoms with E-state index in [1.165, 1.54) is 0 Å². The van der Waals surface area contributed by atoms with Gasteiger partial charge in [0.05, 0.1) is 28.9 Å². The lowest BCUT2D eigenvalue weighted by Crippen LogP contribution is -2.69. The van der Waals surface area contributed by atoms with E-state index in [-0.39, 0.29) is 41.6 Å². The lowest BCUT2D eigenvalue weighted by molar-refractivity contribution is -0.200. The fraction of sp³-hybridized carbons (Fsp3) is 0.864. The maximum atomic E-state index is 14.0. The van der Waals surface area contributed by atoms with Gasteiger partial charge in [-0.25, -0.2) is 0 Å². The Morgan fingerprint density at radius 2 is 1.90 bits per heavy atom. The second-order valence-corrected chi connectivity index (χ2v) is 9.97. The molecule has 160 valence electrons. The van der Waals surface area contributed by atoms with Gasteiger partial charge in [0.2, 0.25) is 5.91 Å². The second kappa shape index (κ2) is 6.19. The Hall–Kier alpha value is -1.63. The molecular weight excluding hydrogens is 374 g/mol. The highest BCUT2D eigenvalue weighted by atomic mass is 16.6. The lowest BCUT2D eigenvalue weighted by atomic mass is 9.58. The maximum Gasteiger partial charge on any atom is 0.309 e. The molecule has 0 aromatic heterocycles. The van der Waals surface area contributed by atoms with E-state index in [2.05, 4.69) is 0 Å². The van der Waals surface area contributed by atoms with Gasteiger partial charge < -0.3 is 19.5 Å². The molecule has 1 saturated carbocycles. The normalized spacial score (nSPS) is 51.4. The van der Waals surface area contributed by atoms with Crippen molar-refractivity contribution in [1.29, 1.82) is 0 Å². The van der Waals surface area contributed by atoms with Gasteiger partial charge in [0.1, 0.15) is 12.2 Å². The van der Waals surface area contributed by atoms with E-state index in [1.807, 2.05) is 25.7 Å². The molecule has 7 heteroatoms. The number of hydrogen-bond donors (Lipinski definition) is 1. The second-order valence-electron chi connectivity index (χ2n) is 9.97. The average Bonchev–Trinajstić information content (AvgIpc) is 3.19. The predicted octanol–water partition coefficient (Wildman–Crippen LogP) is 1.66. The predicted molar refractivity (Wildman–Crippen MR) is 101 cm³/mol. The molecule has 2 bridgehead atoms. The maximum absolute atomic E-state index is 14.0. The van der Waals surface area contributed by atoms with Crippen LogP contribution in [0.15, 0.2) is 0 Å². The van der Waals surface area contributed by atoms with Gasteiger partial charge in [-0.2, -0.15) is 0 Å². The van der Waals surface area contributed by atoms with Crippen molar-refractivity contribution in [2.75, 3.05) is 6.54 Å². The minimum Gasteiger partial charge on any atom is -0.461 e. The van der Waals surface area contributed by atoms with Crippen LogP contribution in [0.2, 0.25) is 0 Å². The highest BCUT2D eigenvalue weighted by molar-refractivity contribution is 5.89. The molecule has 0 aromatic carbocycles. The molecule has 1 N–H and O–H groups in total. The smallest absolute Gasteiger partial charge is 0.309 e. The summed E-state index contributed by atoms with van der Waals surface area (Å²) in [4.78, 5) is 40.4. The molecule has 1 amide bonds. The van der Waals surface area contributed by atoms with Crippen LogP contribution in [0.1, 0.15) is 59.3 Å². The molecule has 5 aliphatic rings. The molecule has 7 nitrogen and oxygen atoms in total. The molecule has 1 unspecified atom stereocenters. The molecule has 29 heavy (non-hydrogen) atoms.